The highest BCUT2D eigenvalue weighted by atomic mass is 32.2. The Hall–Kier alpha value is -2.32. The molecule has 0 unspecified atom stereocenters. The Labute approximate surface area is 154 Å². The monoisotopic (exact) mass is 374 g/mol. The molecule has 0 fully saturated rings. The minimum Gasteiger partial charge on any atom is -0.467 e. The van der Waals surface area contributed by atoms with E-state index < -0.39 is 0 Å². The summed E-state index contributed by atoms with van der Waals surface area (Å²) in [5.74, 6) is 1.60. The van der Waals surface area contributed by atoms with Crippen molar-refractivity contribution < 1.29 is 9.21 Å². The van der Waals surface area contributed by atoms with Crippen LogP contribution in [-0.2, 0) is 12.3 Å². The number of nitrogens with one attached hydrogen (secondary N) is 1. The van der Waals surface area contributed by atoms with Crippen LogP contribution in [0.5, 0.6) is 0 Å². The zero-order chi connectivity index (χ0) is 17.6. The summed E-state index contributed by atoms with van der Waals surface area (Å²) in [6.07, 6.45) is 1.65. The van der Waals surface area contributed by atoms with Gasteiger partial charge in [0, 0.05) is 25.4 Å². The van der Waals surface area contributed by atoms with Gasteiger partial charge in [-0.05, 0) is 29.8 Å². The molecule has 0 atom stereocenters. The summed E-state index contributed by atoms with van der Waals surface area (Å²) >= 11 is 3.11. The number of hydrogen-bond donors (Lipinski definition) is 1. The molecule has 0 saturated carbocycles. The van der Waals surface area contributed by atoms with Crippen LogP contribution in [0.15, 0.2) is 51.4 Å². The number of carbonyl (C=O) groups excluding carboxylic acids is 1. The zero-order valence-corrected chi connectivity index (χ0v) is 15.6. The first-order chi connectivity index (χ1) is 12.1. The van der Waals surface area contributed by atoms with Crippen molar-refractivity contribution in [2.24, 2.45) is 0 Å². The summed E-state index contributed by atoms with van der Waals surface area (Å²) < 4.78 is 6.15. The predicted molar refractivity (Wildman–Crippen MR) is 100.0 cm³/mol. The second-order valence-electron chi connectivity index (χ2n) is 5.49. The molecule has 2 aromatic heterocycles. The molecule has 25 heavy (non-hydrogen) atoms. The van der Waals surface area contributed by atoms with E-state index in [1.165, 1.54) is 11.3 Å². The van der Waals surface area contributed by atoms with Crippen molar-refractivity contribution in [2.75, 3.05) is 19.4 Å². The Morgan fingerprint density at radius 3 is 2.92 bits per heavy atom. The minimum absolute atomic E-state index is 0.00665. The van der Waals surface area contributed by atoms with E-state index in [-0.39, 0.29) is 5.91 Å². The van der Waals surface area contributed by atoms with E-state index in [0.717, 1.165) is 26.5 Å². The number of furan rings is 1. The Balaban J connectivity index is 1.55. The number of carbonyl (C=O) groups is 1. The smallest absolute Gasteiger partial charge is 0.253 e. The maximum absolute atomic E-state index is 12.0. The summed E-state index contributed by atoms with van der Waals surface area (Å²) in [7, 11) is 3.50. The number of aromatic nitrogens is 2. The average Bonchev–Trinajstić information content (AvgIpc) is 3.29. The molecule has 0 radical (unpaired) electrons. The summed E-state index contributed by atoms with van der Waals surface area (Å²) in [5.41, 5.74) is 1.78. The van der Waals surface area contributed by atoms with Gasteiger partial charge in [-0.15, -0.1) is 10.2 Å². The lowest BCUT2D eigenvalue weighted by Gasteiger charge is -2.10. The fraction of sp³-hybridized carbons (Fsp3) is 0.235. The van der Waals surface area contributed by atoms with Gasteiger partial charge >= 0.3 is 0 Å². The van der Waals surface area contributed by atoms with Crippen LogP contribution >= 0.6 is 23.1 Å². The van der Waals surface area contributed by atoms with Gasteiger partial charge in [-0.2, -0.15) is 0 Å². The van der Waals surface area contributed by atoms with Crippen LogP contribution in [0.2, 0.25) is 0 Å². The van der Waals surface area contributed by atoms with Crippen molar-refractivity contribution in [1.82, 2.24) is 15.1 Å². The summed E-state index contributed by atoms with van der Waals surface area (Å²) in [4.78, 5) is 13.6. The number of anilines is 1. The second kappa shape index (κ2) is 8.17. The molecule has 6 nitrogen and oxygen atoms in total. The Bertz CT molecular complexity index is 831. The van der Waals surface area contributed by atoms with Crippen LogP contribution in [-0.4, -0.2) is 35.1 Å². The van der Waals surface area contributed by atoms with Crippen molar-refractivity contribution in [1.29, 1.82) is 0 Å². The fourth-order valence-electron chi connectivity index (χ4n) is 2.11. The topological polar surface area (TPSA) is 71.3 Å². The van der Waals surface area contributed by atoms with E-state index in [0.29, 0.717) is 12.1 Å². The van der Waals surface area contributed by atoms with Gasteiger partial charge in [0.15, 0.2) is 4.34 Å². The van der Waals surface area contributed by atoms with Gasteiger partial charge in [0.05, 0.1) is 12.8 Å². The van der Waals surface area contributed by atoms with Crippen molar-refractivity contribution in [2.45, 2.75) is 16.6 Å². The Morgan fingerprint density at radius 1 is 1.28 bits per heavy atom. The first kappa shape index (κ1) is 17.5. The van der Waals surface area contributed by atoms with Crippen LogP contribution in [0.1, 0.15) is 21.7 Å². The Kier molecular flexibility index (Phi) is 5.72. The van der Waals surface area contributed by atoms with Gasteiger partial charge in [-0.25, -0.2) is 0 Å². The summed E-state index contributed by atoms with van der Waals surface area (Å²) in [6, 6.07) is 11.4. The lowest BCUT2D eigenvalue weighted by Crippen LogP contribution is -2.21. The van der Waals surface area contributed by atoms with Crippen molar-refractivity contribution in [3.63, 3.8) is 0 Å². The van der Waals surface area contributed by atoms with Crippen LogP contribution in [0.3, 0.4) is 0 Å². The standard InChI is InChI=1S/C17H18N4O2S2/c1-21(2)15(22)13-6-3-5-12(9-13)11-24-17-20-19-16(25-17)18-10-14-7-4-8-23-14/h3-9H,10-11H2,1-2H3,(H,18,19). The van der Waals surface area contributed by atoms with E-state index in [1.807, 2.05) is 36.4 Å². The molecule has 1 amide bonds. The zero-order valence-electron chi connectivity index (χ0n) is 13.9. The third kappa shape index (κ3) is 4.83. The molecule has 1 N–H and O–H groups in total. The molecule has 0 spiro atoms. The molecule has 0 aliphatic heterocycles. The molecule has 1 aromatic carbocycles. The van der Waals surface area contributed by atoms with Crippen LogP contribution in [0.4, 0.5) is 5.13 Å². The highest BCUT2D eigenvalue weighted by Gasteiger charge is 2.10. The molecule has 0 aliphatic rings. The molecule has 0 aliphatic carbocycles. The lowest BCUT2D eigenvalue weighted by atomic mass is 10.1. The van der Waals surface area contributed by atoms with Crippen molar-refractivity contribution >= 4 is 34.1 Å². The molecule has 8 heteroatoms. The lowest BCUT2D eigenvalue weighted by molar-refractivity contribution is 0.0827. The maximum atomic E-state index is 12.0. The number of nitrogens with zero attached hydrogens (tertiary/aromatic N) is 3. The van der Waals surface area contributed by atoms with Crippen molar-refractivity contribution in [3.8, 4) is 0 Å². The van der Waals surface area contributed by atoms with Crippen LogP contribution in [0, 0.1) is 0 Å². The first-order valence-electron chi connectivity index (χ1n) is 7.65. The molecule has 3 aromatic rings. The van der Waals surface area contributed by atoms with E-state index >= 15 is 0 Å². The molecule has 0 saturated heterocycles. The van der Waals surface area contributed by atoms with Crippen LogP contribution in [0.25, 0.3) is 0 Å². The predicted octanol–water partition coefficient (Wildman–Crippen LogP) is 3.74. The van der Waals surface area contributed by atoms with Gasteiger partial charge in [-0.3, -0.25) is 4.79 Å². The molecule has 0 bridgehead atoms. The first-order valence-corrected chi connectivity index (χ1v) is 9.45. The van der Waals surface area contributed by atoms with E-state index in [2.05, 4.69) is 15.5 Å². The number of amides is 1. The van der Waals surface area contributed by atoms with E-state index in [1.54, 1.807) is 37.0 Å². The number of rotatable bonds is 7. The van der Waals surface area contributed by atoms with Crippen LogP contribution < -0.4 is 5.32 Å². The van der Waals surface area contributed by atoms with Gasteiger partial charge in [0.2, 0.25) is 5.13 Å². The third-order valence-corrected chi connectivity index (χ3v) is 5.43. The maximum Gasteiger partial charge on any atom is 0.253 e. The van der Waals surface area contributed by atoms with Gasteiger partial charge in [0.25, 0.3) is 5.91 Å². The second-order valence-corrected chi connectivity index (χ2v) is 7.69. The third-order valence-electron chi connectivity index (χ3n) is 3.34. The van der Waals surface area contributed by atoms with Gasteiger partial charge in [-0.1, -0.05) is 35.2 Å². The van der Waals surface area contributed by atoms with E-state index in [9.17, 15) is 4.79 Å². The Morgan fingerprint density at radius 2 is 2.16 bits per heavy atom. The molecule has 2 heterocycles. The summed E-state index contributed by atoms with van der Waals surface area (Å²) in [6.45, 7) is 0.584. The fourth-order valence-corrected chi connectivity index (χ4v) is 3.80. The van der Waals surface area contributed by atoms with Gasteiger partial charge in [0.1, 0.15) is 5.76 Å². The average molecular weight is 374 g/mol. The number of thioether (sulfide) groups is 1. The SMILES string of the molecule is CN(C)C(=O)c1cccc(CSc2nnc(NCc3ccco3)s2)c1. The summed E-state index contributed by atoms with van der Waals surface area (Å²) in [5, 5.41) is 12.3. The van der Waals surface area contributed by atoms with E-state index in [4.69, 9.17) is 4.42 Å². The quantitative estimate of drug-likeness (QED) is 0.635. The highest BCUT2D eigenvalue weighted by molar-refractivity contribution is 8.00. The van der Waals surface area contributed by atoms with Crippen molar-refractivity contribution in [3.05, 3.63) is 59.5 Å². The number of hydrogen-bond acceptors (Lipinski definition) is 7. The molecular formula is C17H18N4O2S2. The number of benzene rings is 1. The normalized spacial score (nSPS) is 10.6. The largest absolute Gasteiger partial charge is 0.467 e. The molecular weight excluding hydrogens is 356 g/mol. The highest BCUT2D eigenvalue weighted by Crippen LogP contribution is 2.28. The minimum atomic E-state index is 0.00665. The molecule has 3 rings (SSSR count). The van der Waals surface area contributed by atoms with Gasteiger partial charge < -0.3 is 14.6 Å². The molecule has 130 valence electrons.